The van der Waals surface area contributed by atoms with E-state index in [-0.39, 0.29) is 16.1 Å². The lowest BCUT2D eigenvalue weighted by molar-refractivity contribution is -0.383. The van der Waals surface area contributed by atoms with Crippen LogP contribution >= 0.6 is 0 Å². The van der Waals surface area contributed by atoms with Crippen molar-refractivity contribution in [3.8, 4) is 5.75 Å². The first-order valence-corrected chi connectivity index (χ1v) is 12.7. The lowest BCUT2D eigenvalue weighted by Gasteiger charge is -2.56. The first kappa shape index (κ1) is 22.1. The van der Waals surface area contributed by atoms with Crippen molar-refractivity contribution in [2.45, 2.75) is 50.7 Å². The fourth-order valence-electron chi connectivity index (χ4n) is 6.74. The minimum Gasteiger partial charge on any atom is -0.487 e. The Hall–Kier alpha value is -3.38. The molecule has 2 aliphatic carbocycles. The molecule has 6 rings (SSSR count). The highest BCUT2D eigenvalue weighted by Crippen LogP contribution is 2.55. The summed E-state index contributed by atoms with van der Waals surface area (Å²) in [5.41, 5.74) is 5.15. The van der Waals surface area contributed by atoms with Crippen molar-refractivity contribution >= 4 is 17.1 Å². The number of nitrogens with zero attached hydrogens (tertiary/aromatic N) is 1. The van der Waals surface area contributed by atoms with Crippen molar-refractivity contribution in [1.82, 2.24) is 5.32 Å². The summed E-state index contributed by atoms with van der Waals surface area (Å²) in [5, 5.41) is 19.0. The molecule has 1 saturated carbocycles. The Bertz CT molecular complexity index is 1240. The summed E-state index contributed by atoms with van der Waals surface area (Å²) in [6.45, 7) is 1.51. The van der Waals surface area contributed by atoms with Crippen LogP contribution < -0.4 is 15.4 Å². The molecule has 180 valence electrons. The molecule has 0 spiro atoms. The maximum atomic E-state index is 11.7. The summed E-state index contributed by atoms with van der Waals surface area (Å²) < 4.78 is 6.42. The minimum atomic E-state index is -0.342. The number of hydrogen-bond donors (Lipinski definition) is 2. The van der Waals surface area contributed by atoms with E-state index in [2.05, 4.69) is 34.9 Å². The van der Waals surface area contributed by atoms with E-state index in [0.29, 0.717) is 24.1 Å². The second-order valence-electron chi connectivity index (χ2n) is 10.2. The summed E-state index contributed by atoms with van der Waals surface area (Å²) >= 11 is 0. The Morgan fingerprint density at radius 3 is 2.71 bits per heavy atom. The molecular weight excluding hydrogens is 438 g/mol. The van der Waals surface area contributed by atoms with Crippen molar-refractivity contribution in [2.24, 2.45) is 11.8 Å². The van der Waals surface area contributed by atoms with E-state index in [0.717, 1.165) is 36.4 Å². The molecule has 3 aromatic rings. The van der Waals surface area contributed by atoms with Gasteiger partial charge in [-0.2, -0.15) is 0 Å². The monoisotopic (exact) mass is 469 g/mol. The lowest BCUT2D eigenvalue weighted by Crippen LogP contribution is -2.59. The molecule has 1 aliphatic heterocycles. The van der Waals surface area contributed by atoms with Gasteiger partial charge in [0.25, 0.3) is 5.69 Å². The van der Waals surface area contributed by atoms with Crippen molar-refractivity contribution in [3.63, 3.8) is 0 Å². The highest BCUT2D eigenvalue weighted by Gasteiger charge is 2.51. The van der Waals surface area contributed by atoms with E-state index >= 15 is 0 Å². The second-order valence-corrected chi connectivity index (χ2v) is 10.2. The van der Waals surface area contributed by atoms with Crippen LogP contribution in [0.5, 0.6) is 5.75 Å². The molecule has 2 fully saturated rings. The predicted octanol–water partition coefficient (Wildman–Crippen LogP) is 6.47. The smallest absolute Gasteiger partial charge is 0.292 e. The molecule has 2 N–H and O–H groups in total. The van der Waals surface area contributed by atoms with Crippen LogP contribution in [0.2, 0.25) is 0 Å². The molecule has 1 heterocycles. The van der Waals surface area contributed by atoms with Crippen LogP contribution in [0, 0.1) is 22.0 Å². The molecule has 35 heavy (non-hydrogen) atoms. The van der Waals surface area contributed by atoms with Gasteiger partial charge in [-0.3, -0.25) is 10.1 Å². The number of benzene rings is 3. The van der Waals surface area contributed by atoms with Gasteiger partial charge in [-0.25, -0.2) is 0 Å². The molecule has 6 heteroatoms. The van der Waals surface area contributed by atoms with E-state index < -0.39 is 0 Å². The largest absolute Gasteiger partial charge is 0.487 e. The van der Waals surface area contributed by atoms with Crippen LogP contribution in [0.3, 0.4) is 0 Å². The van der Waals surface area contributed by atoms with Gasteiger partial charge in [0, 0.05) is 11.6 Å². The second kappa shape index (κ2) is 9.00. The Labute approximate surface area is 205 Å². The molecule has 6 nitrogen and oxygen atoms in total. The van der Waals surface area contributed by atoms with Gasteiger partial charge in [-0.1, -0.05) is 55.3 Å². The van der Waals surface area contributed by atoms with E-state index in [1.54, 1.807) is 12.1 Å². The maximum absolute atomic E-state index is 11.7. The van der Waals surface area contributed by atoms with E-state index in [4.69, 9.17) is 4.74 Å². The van der Waals surface area contributed by atoms with Crippen LogP contribution in [-0.2, 0) is 18.6 Å². The van der Waals surface area contributed by atoms with Gasteiger partial charge in [0.15, 0.2) is 0 Å². The van der Waals surface area contributed by atoms with Crippen molar-refractivity contribution in [3.05, 3.63) is 93.5 Å². The van der Waals surface area contributed by atoms with Crippen LogP contribution in [-0.4, -0.2) is 11.5 Å². The lowest BCUT2D eigenvalue weighted by atomic mass is 9.56. The Kier molecular flexibility index (Phi) is 5.69. The number of nitro benzene ring substituents is 1. The van der Waals surface area contributed by atoms with Gasteiger partial charge >= 0.3 is 0 Å². The van der Waals surface area contributed by atoms with Gasteiger partial charge in [-0.15, -0.1) is 0 Å². The molecule has 1 saturated heterocycles. The number of fused-ring (bicyclic) bond motifs is 1. The van der Waals surface area contributed by atoms with Gasteiger partial charge in [0.2, 0.25) is 0 Å². The number of nitro groups is 1. The van der Waals surface area contributed by atoms with Crippen LogP contribution in [0.4, 0.5) is 17.1 Å². The molecule has 3 aliphatic rings. The molecule has 3 unspecified atom stereocenters. The normalized spacial score (nSPS) is 24.7. The van der Waals surface area contributed by atoms with Gasteiger partial charge in [-0.05, 0) is 79.0 Å². The minimum absolute atomic E-state index is 0.0247. The van der Waals surface area contributed by atoms with Crippen LogP contribution in [0.25, 0.3) is 0 Å². The molecule has 0 aromatic heterocycles. The van der Waals surface area contributed by atoms with Gasteiger partial charge in [0.05, 0.1) is 10.6 Å². The number of ether oxygens (including phenoxy) is 1. The molecule has 0 radical (unpaired) electrons. The summed E-state index contributed by atoms with van der Waals surface area (Å²) in [5.74, 6) is 2.11. The predicted molar refractivity (Wildman–Crippen MR) is 137 cm³/mol. The van der Waals surface area contributed by atoms with E-state index in [9.17, 15) is 10.1 Å². The van der Waals surface area contributed by atoms with Crippen molar-refractivity contribution in [1.29, 1.82) is 0 Å². The van der Waals surface area contributed by atoms with E-state index in [1.807, 2.05) is 24.3 Å². The average Bonchev–Trinajstić information content (AvgIpc) is 2.88. The molecule has 2 bridgehead atoms. The number of nitrogens with one attached hydrogen (secondary N) is 2. The molecule has 3 aromatic carbocycles. The van der Waals surface area contributed by atoms with E-state index in [1.165, 1.54) is 42.9 Å². The first-order chi connectivity index (χ1) is 17.1. The highest BCUT2D eigenvalue weighted by molar-refractivity contribution is 5.74. The average molecular weight is 470 g/mol. The third kappa shape index (κ3) is 3.96. The number of para-hydroxylation sites is 2. The summed E-state index contributed by atoms with van der Waals surface area (Å²) in [6.07, 6.45) is 7.28. The topological polar surface area (TPSA) is 76.4 Å². The Morgan fingerprint density at radius 2 is 1.86 bits per heavy atom. The van der Waals surface area contributed by atoms with Gasteiger partial charge < -0.3 is 15.4 Å². The highest BCUT2D eigenvalue weighted by atomic mass is 16.6. The molecule has 3 atom stereocenters. The van der Waals surface area contributed by atoms with Crippen molar-refractivity contribution in [2.75, 3.05) is 11.9 Å². The molecule has 0 amide bonds. The van der Waals surface area contributed by atoms with Gasteiger partial charge in [0.1, 0.15) is 18.0 Å². The number of rotatable bonds is 6. The number of hydrogen-bond acceptors (Lipinski definition) is 5. The SMILES string of the molecule is O=[N+]([O-])c1ccccc1Nc1cc2c(cc1OCc1ccccc1)C13CCCCC1C(CCN3)C2. The standard InChI is InChI=1S/C29H31N3O3/c33-32(34)27-12-5-4-11-25(27)31-26-17-22-16-21-13-15-30-29(14-7-6-10-23(21)29)24(22)18-28(26)35-19-20-8-2-1-3-9-20/h1-5,8-9,11-12,17-18,21,23,30-31H,6-7,10,13-16,19H2. The fourth-order valence-corrected chi connectivity index (χ4v) is 6.74. The quantitative estimate of drug-likeness (QED) is 0.320. The Balaban J connectivity index is 1.43. The molecular formula is C29H31N3O3. The zero-order chi connectivity index (χ0) is 23.8. The maximum Gasteiger partial charge on any atom is 0.292 e. The zero-order valence-electron chi connectivity index (χ0n) is 19.8. The van der Waals surface area contributed by atoms with Crippen molar-refractivity contribution < 1.29 is 9.66 Å². The summed E-state index contributed by atoms with van der Waals surface area (Å²) in [7, 11) is 0. The first-order valence-electron chi connectivity index (χ1n) is 12.7. The third-order valence-corrected chi connectivity index (χ3v) is 8.27. The summed E-state index contributed by atoms with van der Waals surface area (Å²) in [4.78, 5) is 11.3. The summed E-state index contributed by atoms with van der Waals surface area (Å²) in [6, 6.07) is 21.3. The fraction of sp³-hybridized carbons (Fsp3) is 0.379. The zero-order valence-corrected chi connectivity index (χ0v) is 19.8. The number of piperidine rings is 1. The Morgan fingerprint density at radius 1 is 1.03 bits per heavy atom. The number of anilines is 2. The van der Waals surface area contributed by atoms with Crippen LogP contribution in [0.15, 0.2) is 66.7 Å². The van der Waals surface area contributed by atoms with Crippen LogP contribution in [0.1, 0.15) is 48.8 Å². The third-order valence-electron chi connectivity index (χ3n) is 8.27.